The first-order chi connectivity index (χ1) is 17.9. The number of fused-ring (bicyclic) bond motifs is 5. The minimum atomic E-state index is -4.46. The van der Waals surface area contributed by atoms with Crippen molar-refractivity contribution in [3.63, 3.8) is 0 Å². The number of rotatable bonds is 3. The van der Waals surface area contributed by atoms with E-state index in [-0.39, 0.29) is 5.56 Å². The number of pyridine rings is 1. The van der Waals surface area contributed by atoms with E-state index in [1.807, 2.05) is 41.0 Å². The zero-order chi connectivity index (χ0) is 25.6. The van der Waals surface area contributed by atoms with Gasteiger partial charge >= 0.3 is 6.18 Å². The molecular formula is C27H17F3N6O. The van der Waals surface area contributed by atoms with Crippen LogP contribution in [-0.2, 0) is 6.18 Å². The van der Waals surface area contributed by atoms with Crippen LogP contribution >= 0.6 is 0 Å². The van der Waals surface area contributed by atoms with Crippen LogP contribution in [0.3, 0.4) is 0 Å². The van der Waals surface area contributed by atoms with Crippen molar-refractivity contribution in [2.75, 3.05) is 10.6 Å². The van der Waals surface area contributed by atoms with E-state index < -0.39 is 17.6 Å². The first kappa shape index (κ1) is 22.5. The van der Waals surface area contributed by atoms with Crippen LogP contribution < -0.4 is 10.6 Å². The summed E-state index contributed by atoms with van der Waals surface area (Å²) < 4.78 is 40.3. The van der Waals surface area contributed by atoms with Crippen molar-refractivity contribution in [2.24, 2.45) is 0 Å². The Bertz CT molecular complexity index is 1630. The second-order valence-corrected chi connectivity index (χ2v) is 8.33. The fraction of sp³-hybridized carbons (Fsp3) is 0.0370. The molecule has 1 aliphatic heterocycles. The lowest BCUT2D eigenvalue weighted by Gasteiger charge is -2.11. The minimum absolute atomic E-state index is 0.120. The predicted octanol–water partition coefficient (Wildman–Crippen LogP) is 6.32. The van der Waals surface area contributed by atoms with Gasteiger partial charge in [0.15, 0.2) is 17.5 Å². The van der Waals surface area contributed by atoms with E-state index in [0.717, 1.165) is 46.8 Å². The van der Waals surface area contributed by atoms with E-state index in [4.69, 9.17) is 0 Å². The third kappa shape index (κ3) is 4.08. The van der Waals surface area contributed by atoms with E-state index >= 15 is 0 Å². The van der Waals surface area contributed by atoms with Crippen molar-refractivity contribution in [1.82, 2.24) is 19.7 Å². The lowest BCUT2D eigenvalue weighted by Crippen LogP contribution is -2.12. The third-order valence-corrected chi connectivity index (χ3v) is 5.99. The standard InChI is InChI=1S/C27H17F3N6O/c28-27(29,30)18-11-7-17(8-12-18)26(37)32-19-13-9-16(10-14-19)24-34-35-25-20-4-1-2-5-21(20)33-23-22(36(24)25)6-3-15-31-23/h1-15H,(H,31,33)(H,32,37). The second kappa shape index (κ2) is 8.59. The van der Waals surface area contributed by atoms with Crippen molar-refractivity contribution in [2.45, 2.75) is 6.18 Å². The SMILES string of the molecule is O=C(Nc1ccc(-c2nnc3n2-c2cccnc2Nc2ccccc2-3)cc1)c1ccc(C(F)(F)F)cc1. The van der Waals surface area contributed by atoms with Gasteiger partial charge in [-0.3, -0.25) is 9.36 Å². The lowest BCUT2D eigenvalue weighted by molar-refractivity contribution is -0.137. The predicted molar refractivity (Wildman–Crippen MR) is 133 cm³/mol. The molecule has 0 radical (unpaired) electrons. The van der Waals surface area contributed by atoms with Gasteiger partial charge in [0, 0.05) is 28.6 Å². The first-order valence-electron chi connectivity index (χ1n) is 11.2. The number of carbonyl (C=O) groups is 1. The summed E-state index contributed by atoms with van der Waals surface area (Å²) in [5.74, 6) is 1.39. The van der Waals surface area contributed by atoms with Crippen molar-refractivity contribution in [1.29, 1.82) is 0 Å². The molecule has 1 amide bonds. The molecule has 0 unspecified atom stereocenters. The quantitative estimate of drug-likeness (QED) is 0.298. The molecule has 6 rings (SSSR count). The van der Waals surface area contributed by atoms with Gasteiger partial charge in [0.05, 0.1) is 16.9 Å². The second-order valence-electron chi connectivity index (χ2n) is 8.33. The van der Waals surface area contributed by atoms with Gasteiger partial charge in [-0.2, -0.15) is 13.2 Å². The molecule has 0 saturated heterocycles. The molecule has 0 aliphatic carbocycles. The number of carbonyl (C=O) groups excluding carboxylic acids is 1. The van der Waals surface area contributed by atoms with Gasteiger partial charge in [-0.05, 0) is 72.8 Å². The molecule has 0 spiro atoms. The summed E-state index contributed by atoms with van der Waals surface area (Å²) in [7, 11) is 0. The Morgan fingerprint density at radius 1 is 0.838 bits per heavy atom. The normalized spacial score (nSPS) is 12.0. The Morgan fingerprint density at radius 2 is 1.57 bits per heavy atom. The summed E-state index contributed by atoms with van der Waals surface area (Å²) in [6, 6.07) is 22.6. The van der Waals surface area contributed by atoms with Crippen molar-refractivity contribution >= 4 is 23.1 Å². The van der Waals surface area contributed by atoms with Crippen LogP contribution in [-0.4, -0.2) is 25.7 Å². The van der Waals surface area contributed by atoms with Gasteiger partial charge < -0.3 is 10.6 Å². The van der Waals surface area contributed by atoms with Crippen molar-refractivity contribution in [3.8, 4) is 28.5 Å². The smallest absolute Gasteiger partial charge is 0.338 e. The average molecular weight is 498 g/mol. The lowest BCUT2D eigenvalue weighted by atomic mass is 10.1. The highest BCUT2D eigenvalue weighted by atomic mass is 19.4. The fourth-order valence-electron chi connectivity index (χ4n) is 4.18. The maximum absolute atomic E-state index is 12.8. The Labute approximate surface area is 208 Å². The van der Waals surface area contributed by atoms with Crippen LogP contribution in [0.4, 0.5) is 30.4 Å². The number of aromatic nitrogens is 4. The Kier molecular flexibility index (Phi) is 5.22. The number of benzene rings is 3. The largest absolute Gasteiger partial charge is 0.416 e. The number of para-hydroxylation sites is 1. The van der Waals surface area contributed by atoms with Crippen LogP contribution in [0, 0.1) is 0 Å². The van der Waals surface area contributed by atoms with Gasteiger partial charge in [0.2, 0.25) is 0 Å². The molecule has 0 bridgehead atoms. The number of amides is 1. The molecule has 3 aromatic carbocycles. The molecule has 10 heteroatoms. The topological polar surface area (TPSA) is 84.7 Å². The van der Waals surface area contributed by atoms with E-state index in [1.54, 1.807) is 30.5 Å². The molecule has 2 aromatic heterocycles. The Hall–Kier alpha value is -4.99. The molecule has 3 heterocycles. The van der Waals surface area contributed by atoms with E-state index in [1.165, 1.54) is 0 Å². The number of nitrogens with zero attached hydrogens (tertiary/aromatic N) is 4. The van der Waals surface area contributed by atoms with E-state index in [9.17, 15) is 18.0 Å². The number of hydrogen-bond acceptors (Lipinski definition) is 5. The fourth-order valence-corrected chi connectivity index (χ4v) is 4.18. The van der Waals surface area contributed by atoms with Gasteiger partial charge in [0.25, 0.3) is 5.91 Å². The number of nitrogens with one attached hydrogen (secondary N) is 2. The van der Waals surface area contributed by atoms with Crippen LogP contribution in [0.25, 0.3) is 28.5 Å². The van der Waals surface area contributed by atoms with Crippen LogP contribution in [0.1, 0.15) is 15.9 Å². The molecule has 182 valence electrons. The number of alkyl halides is 3. The molecule has 37 heavy (non-hydrogen) atoms. The zero-order valence-corrected chi connectivity index (χ0v) is 19.0. The average Bonchev–Trinajstić information content (AvgIpc) is 3.28. The van der Waals surface area contributed by atoms with Crippen LogP contribution in [0.5, 0.6) is 0 Å². The summed E-state index contributed by atoms with van der Waals surface area (Å²) in [6.07, 6.45) is -2.75. The number of halogens is 3. The molecule has 7 nitrogen and oxygen atoms in total. The molecule has 0 atom stereocenters. The molecule has 0 saturated carbocycles. The first-order valence-corrected chi connectivity index (χ1v) is 11.2. The van der Waals surface area contributed by atoms with Gasteiger partial charge in [-0.15, -0.1) is 10.2 Å². The Balaban J connectivity index is 1.31. The maximum atomic E-state index is 12.8. The van der Waals surface area contributed by atoms with Crippen molar-refractivity contribution < 1.29 is 18.0 Å². The number of hydrogen-bond donors (Lipinski definition) is 2. The molecule has 5 aromatic rings. The van der Waals surface area contributed by atoms with E-state index in [2.05, 4.69) is 25.8 Å². The molecule has 1 aliphatic rings. The summed E-state index contributed by atoms with van der Waals surface area (Å²) in [5.41, 5.74) is 3.07. The summed E-state index contributed by atoms with van der Waals surface area (Å²) >= 11 is 0. The van der Waals surface area contributed by atoms with Crippen LogP contribution in [0.15, 0.2) is 91.1 Å². The van der Waals surface area contributed by atoms with Gasteiger partial charge in [-0.25, -0.2) is 4.98 Å². The highest BCUT2D eigenvalue weighted by Crippen LogP contribution is 2.39. The van der Waals surface area contributed by atoms with E-state index in [0.29, 0.717) is 23.2 Å². The minimum Gasteiger partial charge on any atom is -0.338 e. The van der Waals surface area contributed by atoms with Gasteiger partial charge in [0.1, 0.15) is 0 Å². The third-order valence-electron chi connectivity index (χ3n) is 5.99. The number of anilines is 3. The van der Waals surface area contributed by atoms with Gasteiger partial charge in [-0.1, -0.05) is 12.1 Å². The summed E-state index contributed by atoms with van der Waals surface area (Å²) in [5, 5.41) is 15.0. The van der Waals surface area contributed by atoms with Crippen LogP contribution in [0.2, 0.25) is 0 Å². The molecule has 0 fully saturated rings. The van der Waals surface area contributed by atoms with Crippen molar-refractivity contribution in [3.05, 3.63) is 102 Å². The summed E-state index contributed by atoms with van der Waals surface area (Å²) in [6.45, 7) is 0. The maximum Gasteiger partial charge on any atom is 0.416 e. The zero-order valence-electron chi connectivity index (χ0n) is 19.0. The monoisotopic (exact) mass is 498 g/mol. The molecular weight excluding hydrogens is 481 g/mol. The highest BCUT2D eigenvalue weighted by molar-refractivity contribution is 6.04. The highest BCUT2D eigenvalue weighted by Gasteiger charge is 2.30. The molecule has 2 N–H and O–H groups in total. The summed E-state index contributed by atoms with van der Waals surface area (Å²) in [4.78, 5) is 17.0. The Morgan fingerprint density at radius 3 is 2.32 bits per heavy atom.